The predicted molar refractivity (Wildman–Crippen MR) is 96.6 cm³/mol. The molecule has 130 valence electrons. The fraction of sp³-hybridized carbons (Fsp3) is 0.316. The largest absolute Gasteiger partial charge is 0.340 e. The first-order chi connectivity index (χ1) is 11.8. The number of aryl methyl sites for hydroxylation is 2. The van der Waals surface area contributed by atoms with E-state index in [4.69, 9.17) is 0 Å². The smallest absolute Gasteiger partial charge is 0.235 e. The van der Waals surface area contributed by atoms with Gasteiger partial charge in [0.25, 0.3) is 0 Å². The van der Waals surface area contributed by atoms with Gasteiger partial charge in [-0.2, -0.15) is 5.26 Å². The highest BCUT2D eigenvalue weighted by atomic mass is 32.2. The van der Waals surface area contributed by atoms with E-state index in [-0.39, 0.29) is 11.7 Å². The first-order valence-electron chi connectivity index (χ1n) is 7.86. The zero-order chi connectivity index (χ0) is 18.6. The third-order valence-electron chi connectivity index (χ3n) is 3.74. The van der Waals surface area contributed by atoms with Crippen molar-refractivity contribution in [2.75, 3.05) is 7.05 Å². The van der Waals surface area contributed by atoms with Crippen LogP contribution in [0.1, 0.15) is 29.3 Å². The number of nitrogens with zero attached hydrogens (tertiary/aromatic N) is 3. The van der Waals surface area contributed by atoms with Crippen molar-refractivity contribution in [1.82, 2.24) is 9.88 Å². The SMILES string of the molecule is Cc1cc(C)c(C#N)c(SC(C)C(=O)N(C)Cc2cccc(F)c2)n1. The quantitative estimate of drug-likeness (QED) is 0.763. The number of hydrogen-bond donors (Lipinski definition) is 0. The molecule has 1 amide bonds. The number of hydrogen-bond acceptors (Lipinski definition) is 4. The molecular formula is C19H20FN3OS. The number of thioether (sulfide) groups is 1. The Hall–Kier alpha value is -2.39. The Kier molecular flexibility index (Phi) is 6.16. The van der Waals surface area contributed by atoms with Gasteiger partial charge in [0.15, 0.2) is 0 Å². The van der Waals surface area contributed by atoms with Crippen LogP contribution in [0.2, 0.25) is 0 Å². The Morgan fingerprint density at radius 3 is 2.76 bits per heavy atom. The van der Waals surface area contributed by atoms with Crippen LogP contribution < -0.4 is 0 Å². The lowest BCUT2D eigenvalue weighted by molar-refractivity contribution is -0.129. The number of nitriles is 1. The van der Waals surface area contributed by atoms with Crippen LogP contribution in [0, 0.1) is 31.0 Å². The molecule has 2 aromatic rings. The molecule has 0 saturated heterocycles. The zero-order valence-electron chi connectivity index (χ0n) is 14.7. The van der Waals surface area contributed by atoms with Crippen LogP contribution in [0.25, 0.3) is 0 Å². The summed E-state index contributed by atoms with van der Waals surface area (Å²) in [7, 11) is 1.68. The van der Waals surface area contributed by atoms with E-state index in [0.717, 1.165) is 16.8 Å². The van der Waals surface area contributed by atoms with Gasteiger partial charge in [0.2, 0.25) is 5.91 Å². The molecule has 2 rings (SSSR count). The molecule has 0 aliphatic heterocycles. The van der Waals surface area contributed by atoms with Gasteiger partial charge in [0, 0.05) is 19.3 Å². The first-order valence-corrected chi connectivity index (χ1v) is 8.74. The molecule has 0 bridgehead atoms. The molecule has 4 nitrogen and oxygen atoms in total. The van der Waals surface area contributed by atoms with Crippen LogP contribution in [0.4, 0.5) is 4.39 Å². The molecule has 0 aliphatic rings. The lowest BCUT2D eigenvalue weighted by Gasteiger charge is -2.21. The summed E-state index contributed by atoms with van der Waals surface area (Å²) in [5, 5.41) is 9.50. The van der Waals surface area contributed by atoms with E-state index < -0.39 is 5.25 Å². The Labute approximate surface area is 151 Å². The number of halogens is 1. The minimum absolute atomic E-state index is 0.0980. The van der Waals surface area contributed by atoms with Crippen LogP contribution in [0.15, 0.2) is 35.4 Å². The fourth-order valence-electron chi connectivity index (χ4n) is 2.54. The molecule has 0 radical (unpaired) electrons. The monoisotopic (exact) mass is 357 g/mol. The molecule has 1 aromatic heterocycles. The van der Waals surface area contributed by atoms with Gasteiger partial charge >= 0.3 is 0 Å². The third kappa shape index (κ3) is 4.80. The van der Waals surface area contributed by atoms with Crippen LogP contribution in [-0.2, 0) is 11.3 Å². The van der Waals surface area contributed by atoms with Crippen molar-refractivity contribution in [3.05, 3.63) is 58.5 Å². The Bertz CT molecular complexity index is 832. The van der Waals surface area contributed by atoms with Gasteiger partial charge in [0.1, 0.15) is 16.9 Å². The van der Waals surface area contributed by atoms with Crippen molar-refractivity contribution < 1.29 is 9.18 Å². The Morgan fingerprint density at radius 1 is 1.40 bits per heavy atom. The molecular weight excluding hydrogens is 337 g/mol. The second-order valence-electron chi connectivity index (χ2n) is 5.96. The van der Waals surface area contributed by atoms with E-state index >= 15 is 0 Å². The van der Waals surface area contributed by atoms with Gasteiger partial charge in [-0.1, -0.05) is 23.9 Å². The molecule has 0 spiro atoms. The maximum absolute atomic E-state index is 13.3. The summed E-state index contributed by atoms with van der Waals surface area (Å²) in [4.78, 5) is 18.6. The Morgan fingerprint density at radius 2 is 2.12 bits per heavy atom. The average Bonchev–Trinajstić information content (AvgIpc) is 2.53. The van der Waals surface area contributed by atoms with Crippen molar-refractivity contribution >= 4 is 17.7 Å². The van der Waals surface area contributed by atoms with E-state index in [1.54, 1.807) is 31.0 Å². The molecule has 6 heteroatoms. The predicted octanol–water partition coefficient (Wildman–Crippen LogP) is 3.85. The van der Waals surface area contributed by atoms with Crippen LogP contribution >= 0.6 is 11.8 Å². The Balaban J connectivity index is 2.11. The summed E-state index contributed by atoms with van der Waals surface area (Å²) in [5.41, 5.74) is 2.90. The van der Waals surface area contributed by atoms with Gasteiger partial charge in [-0.15, -0.1) is 0 Å². The highest BCUT2D eigenvalue weighted by Gasteiger charge is 2.22. The van der Waals surface area contributed by atoms with Crippen molar-refractivity contribution in [2.45, 2.75) is 37.6 Å². The van der Waals surface area contributed by atoms with Gasteiger partial charge in [-0.05, 0) is 50.1 Å². The van der Waals surface area contributed by atoms with Gasteiger partial charge < -0.3 is 4.90 Å². The number of carbonyl (C=O) groups excluding carboxylic acids is 1. The van der Waals surface area contributed by atoms with Crippen molar-refractivity contribution in [3.63, 3.8) is 0 Å². The van der Waals surface area contributed by atoms with Gasteiger partial charge in [0.05, 0.1) is 10.8 Å². The van der Waals surface area contributed by atoms with Crippen molar-refractivity contribution in [3.8, 4) is 6.07 Å². The first kappa shape index (κ1) is 18.9. The van der Waals surface area contributed by atoms with E-state index in [1.165, 1.54) is 23.9 Å². The van der Waals surface area contributed by atoms with E-state index in [0.29, 0.717) is 17.1 Å². The minimum atomic E-state index is -0.403. The highest BCUT2D eigenvalue weighted by molar-refractivity contribution is 8.00. The minimum Gasteiger partial charge on any atom is -0.340 e. The van der Waals surface area contributed by atoms with Crippen molar-refractivity contribution in [1.29, 1.82) is 5.26 Å². The summed E-state index contributed by atoms with van der Waals surface area (Å²) in [6.45, 7) is 5.84. The fourth-order valence-corrected chi connectivity index (χ4v) is 3.68. The second-order valence-corrected chi connectivity index (χ2v) is 7.29. The number of amides is 1. The van der Waals surface area contributed by atoms with Crippen LogP contribution in [0.5, 0.6) is 0 Å². The molecule has 1 heterocycles. The molecule has 1 atom stereocenters. The summed E-state index contributed by atoms with van der Waals surface area (Å²) >= 11 is 1.27. The van der Waals surface area contributed by atoms with Crippen molar-refractivity contribution in [2.24, 2.45) is 0 Å². The normalized spacial score (nSPS) is 11.7. The number of benzene rings is 1. The van der Waals surface area contributed by atoms with Gasteiger partial charge in [-0.25, -0.2) is 9.37 Å². The third-order valence-corrected chi connectivity index (χ3v) is 4.82. The summed E-state index contributed by atoms with van der Waals surface area (Å²) in [6, 6.07) is 10.2. The molecule has 0 N–H and O–H groups in total. The summed E-state index contributed by atoms with van der Waals surface area (Å²) < 4.78 is 13.3. The maximum atomic E-state index is 13.3. The number of pyridine rings is 1. The van der Waals surface area contributed by atoms with Crippen LogP contribution in [0.3, 0.4) is 0 Å². The van der Waals surface area contributed by atoms with E-state index in [1.807, 2.05) is 19.9 Å². The topological polar surface area (TPSA) is 57.0 Å². The van der Waals surface area contributed by atoms with E-state index in [9.17, 15) is 14.4 Å². The summed E-state index contributed by atoms with van der Waals surface area (Å²) in [6.07, 6.45) is 0. The molecule has 0 saturated carbocycles. The summed E-state index contributed by atoms with van der Waals surface area (Å²) in [5.74, 6) is -0.419. The number of carbonyl (C=O) groups is 1. The molecule has 0 aliphatic carbocycles. The molecule has 25 heavy (non-hydrogen) atoms. The van der Waals surface area contributed by atoms with Gasteiger partial charge in [-0.3, -0.25) is 4.79 Å². The average molecular weight is 357 g/mol. The number of aromatic nitrogens is 1. The molecule has 1 aromatic carbocycles. The molecule has 0 fully saturated rings. The molecule has 1 unspecified atom stereocenters. The van der Waals surface area contributed by atoms with Crippen LogP contribution in [-0.4, -0.2) is 28.1 Å². The lowest BCUT2D eigenvalue weighted by Crippen LogP contribution is -2.32. The number of rotatable bonds is 5. The van der Waals surface area contributed by atoms with E-state index in [2.05, 4.69) is 11.1 Å². The lowest BCUT2D eigenvalue weighted by atomic mass is 10.1. The second kappa shape index (κ2) is 8.13. The zero-order valence-corrected chi connectivity index (χ0v) is 15.5. The highest BCUT2D eigenvalue weighted by Crippen LogP contribution is 2.28. The maximum Gasteiger partial charge on any atom is 0.235 e. The standard InChI is InChI=1S/C19H20FN3OS/c1-12-8-13(2)22-18(17(12)10-21)25-14(3)19(24)23(4)11-15-6-5-7-16(20)9-15/h5-9,14H,11H2,1-4H3.